The summed E-state index contributed by atoms with van der Waals surface area (Å²) in [6.07, 6.45) is 1.52. The highest BCUT2D eigenvalue weighted by molar-refractivity contribution is 9.10. The Hall–Kier alpha value is -2.31. The summed E-state index contributed by atoms with van der Waals surface area (Å²) in [5.41, 5.74) is 0.253. The van der Waals surface area contributed by atoms with Crippen molar-refractivity contribution >= 4 is 33.4 Å². The Bertz CT molecular complexity index is 880. The first-order valence-corrected chi connectivity index (χ1v) is 9.31. The van der Waals surface area contributed by atoms with Crippen LogP contribution in [-0.2, 0) is 17.9 Å². The summed E-state index contributed by atoms with van der Waals surface area (Å²) in [4.78, 5) is 14.2. The van der Waals surface area contributed by atoms with Gasteiger partial charge in [-0.3, -0.25) is 4.79 Å². The largest absolute Gasteiger partial charge is 0.484 e. The van der Waals surface area contributed by atoms with Gasteiger partial charge in [0.25, 0.3) is 5.91 Å². The van der Waals surface area contributed by atoms with Gasteiger partial charge in [-0.1, -0.05) is 33.6 Å². The number of ether oxygens (including phenoxy) is 1. The molecule has 140 valence electrons. The van der Waals surface area contributed by atoms with Crippen LogP contribution in [0.3, 0.4) is 0 Å². The molecule has 3 aromatic rings. The Morgan fingerprint density at radius 2 is 1.89 bits per heavy atom. The van der Waals surface area contributed by atoms with Crippen LogP contribution in [0.1, 0.15) is 11.3 Å². The van der Waals surface area contributed by atoms with E-state index in [0.29, 0.717) is 11.5 Å². The highest BCUT2D eigenvalue weighted by Crippen LogP contribution is 2.22. The van der Waals surface area contributed by atoms with Crippen molar-refractivity contribution in [2.24, 2.45) is 0 Å². The average Bonchev–Trinajstić information content (AvgIpc) is 3.16. The van der Waals surface area contributed by atoms with Gasteiger partial charge in [0.2, 0.25) is 0 Å². The van der Waals surface area contributed by atoms with Gasteiger partial charge in [-0.2, -0.15) is 0 Å². The molecule has 1 aromatic heterocycles. The lowest BCUT2D eigenvalue weighted by Crippen LogP contribution is -2.34. The van der Waals surface area contributed by atoms with E-state index in [0.717, 1.165) is 4.47 Å². The molecule has 3 rings (SSSR count). The number of furan rings is 1. The second-order valence-corrected chi connectivity index (χ2v) is 7.09. The monoisotopic (exact) mass is 451 g/mol. The molecule has 0 aliphatic carbocycles. The molecular formula is C20H16BrClFNO3. The molecule has 27 heavy (non-hydrogen) atoms. The molecule has 1 heterocycles. The van der Waals surface area contributed by atoms with Crippen molar-refractivity contribution in [3.05, 3.63) is 87.5 Å². The number of rotatable bonds is 7. The zero-order valence-electron chi connectivity index (χ0n) is 14.2. The topological polar surface area (TPSA) is 42.7 Å². The second kappa shape index (κ2) is 9.06. The number of carbonyl (C=O) groups is 1. The summed E-state index contributed by atoms with van der Waals surface area (Å²) in [6.45, 7) is 0.00332. The summed E-state index contributed by atoms with van der Waals surface area (Å²) in [5.74, 6) is 0.370. The third kappa shape index (κ3) is 5.34. The number of halogens is 3. The third-order valence-corrected chi connectivity index (χ3v) is 4.75. The van der Waals surface area contributed by atoms with E-state index in [-0.39, 0.29) is 36.2 Å². The van der Waals surface area contributed by atoms with Gasteiger partial charge in [0.05, 0.1) is 19.4 Å². The smallest absolute Gasteiger partial charge is 0.261 e. The maximum absolute atomic E-state index is 14.2. The standard InChI is InChI=1S/C20H16BrClFNO3/c21-14-6-8-15(9-7-14)27-13-20(25)24(11-16-3-2-10-26-16)12-17-18(22)4-1-5-19(17)23/h1-10H,11-13H2. The Kier molecular flexibility index (Phi) is 6.53. The van der Waals surface area contributed by atoms with Crippen LogP contribution in [-0.4, -0.2) is 17.4 Å². The summed E-state index contributed by atoms with van der Waals surface area (Å²) in [5, 5.41) is 0.265. The lowest BCUT2D eigenvalue weighted by atomic mass is 10.2. The van der Waals surface area contributed by atoms with Crippen LogP contribution in [0, 0.1) is 5.82 Å². The zero-order chi connectivity index (χ0) is 19.2. The molecule has 0 bridgehead atoms. The summed E-state index contributed by atoms with van der Waals surface area (Å²) < 4.78 is 25.9. The van der Waals surface area contributed by atoms with Crippen molar-refractivity contribution in [3.8, 4) is 5.75 Å². The maximum atomic E-state index is 14.2. The fraction of sp³-hybridized carbons (Fsp3) is 0.150. The minimum atomic E-state index is -0.464. The minimum absolute atomic E-state index is 0.00867. The Balaban J connectivity index is 1.74. The quantitative estimate of drug-likeness (QED) is 0.479. The van der Waals surface area contributed by atoms with Gasteiger partial charge in [-0.15, -0.1) is 0 Å². The predicted octanol–water partition coefficient (Wildman–Crippen LogP) is 5.44. The van der Waals surface area contributed by atoms with Crippen LogP contribution in [0.15, 0.2) is 69.8 Å². The van der Waals surface area contributed by atoms with Gasteiger partial charge >= 0.3 is 0 Å². The van der Waals surface area contributed by atoms with Crippen LogP contribution in [0.4, 0.5) is 4.39 Å². The van der Waals surface area contributed by atoms with Crippen LogP contribution < -0.4 is 4.74 Å². The van der Waals surface area contributed by atoms with Gasteiger partial charge in [0, 0.05) is 15.1 Å². The average molecular weight is 453 g/mol. The summed E-state index contributed by atoms with van der Waals surface area (Å²) in [6, 6.07) is 15.0. The van der Waals surface area contributed by atoms with Crippen LogP contribution in [0.2, 0.25) is 5.02 Å². The maximum Gasteiger partial charge on any atom is 0.261 e. The third-order valence-electron chi connectivity index (χ3n) is 3.87. The SMILES string of the molecule is O=C(COc1ccc(Br)cc1)N(Cc1ccco1)Cc1c(F)cccc1Cl. The van der Waals surface area contributed by atoms with E-state index in [1.54, 1.807) is 30.3 Å². The molecule has 0 saturated carbocycles. The van der Waals surface area contributed by atoms with E-state index in [2.05, 4.69) is 15.9 Å². The fourth-order valence-corrected chi connectivity index (χ4v) is 2.95. The lowest BCUT2D eigenvalue weighted by molar-refractivity contribution is -0.134. The second-order valence-electron chi connectivity index (χ2n) is 5.77. The molecule has 0 aliphatic heterocycles. The van der Waals surface area contributed by atoms with E-state index in [1.807, 2.05) is 12.1 Å². The Labute approximate surface area is 169 Å². The Morgan fingerprint density at radius 1 is 1.11 bits per heavy atom. The van der Waals surface area contributed by atoms with E-state index >= 15 is 0 Å². The van der Waals surface area contributed by atoms with Gasteiger partial charge in [-0.25, -0.2) is 4.39 Å². The molecule has 0 aliphatic rings. The van der Waals surface area contributed by atoms with Crippen molar-refractivity contribution < 1.29 is 18.3 Å². The van der Waals surface area contributed by atoms with Crippen LogP contribution in [0.5, 0.6) is 5.75 Å². The molecule has 0 unspecified atom stereocenters. The number of benzene rings is 2. The Morgan fingerprint density at radius 3 is 2.56 bits per heavy atom. The molecule has 0 atom stereocenters. The van der Waals surface area contributed by atoms with Gasteiger partial charge in [0.1, 0.15) is 17.3 Å². The number of hydrogen-bond donors (Lipinski definition) is 0. The first kappa shape index (κ1) is 19.5. The molecule has 0 saturated heterocycles. The number of nitrogens with zero attached hydrogens (tertiary/aromatic N) is 1. The molecular weight excluding hydrogens is 437 g/mol. The van der Waals surface area contributed by atoms with E-state index in [9.17, 15) is 9.18 Å². The zero-order valence-corrected chi connectivity index (χ0v) is 16.5. The minimum Gasteiger partial charge on any atom is -0.484 e. The number of carbonyl (C=O) groups excluding carboxylic acids is 1. The molecule has 1 amide bonds. The summed E-state index contributed by atoms with van der Waals surface area (Å²) >= 11 is 9.45. The first-order valence-electron chi connectivity index (χ1n) is 8.14. The van der Waals surface area contributed by atoms with Crippen molar-refractivity contribution in [3.63, 3.8) is 0 Å². The number of amides is 1. The molecule has 0 fully saturated rings. The number of hydrogen-bond acceptors (Lipinski definition) is 3. The van der Waals surface area contributed by atoms with Gasteiger partial charge in [-0.05, 0) is 48.5 Å². The highest BCUT2D eigenvalue weighted by atomic mass is 79.9. The predicted molar refractivity (Wildman–Crippen MR) is 104 cm³/mol. The lowest BCUT2D eigenvalue weighted by Gasteiger charge is -2.23. The van der Waals surface area contributed by atoms with Crippen molar-refractivity contribution in [1.29, 1.82) is 0 Å². The van der Waals surface area contributed by atoms with E-state index in [1.165, 1.54) is 23.3 Å². The van der Waals surface area contributed by atoms with Crippen molar-refractivity contribution in [2.75, 3.05) is 6.61 Å². The van der Waals surface area contributed by atoms with Crippen LogP contribution >= 0.6 is 27.5 Å². The van der Waals surface area contributed by atoms with Gasteiger partial charge < -0.3 is 14.1 Å². The summed E-state index contributed by atoms with van der Waals surface area (Å²) in [7, 11) is 0. The normalized spacial score (nSPS) is 10.6. The van der Waals surface area contributed by atoms with E-state index in [4.69, 9.17) is 20.8 Å². The molecule has 4 nitrogen and oxygen atoms in total. The van der Waals surface area contributed by atoms with Crippen LogP contribution in [0.25, 0.3) is 0 Å². The highest BCUT2D eigenvalue weighted by Gasteiger charge is 2.20. The molecule has 2 aromatic carbocycles. The molecule has 0 N–H and O–H groups in total. The fourth-order valence-electron chi connectivity index (χ4n) is 2.46. The van der Waals surface area contributed by atoms with Gasteiger partial charge in [0.15, 0.2) is 6.61 Å². The molecule has 7 heteroatoms. The van der Waals surface area contributed by atoms with E-state index < -0.39 is 5.82 Å². The molecule has 0 spiro atoms. The first-order chi connectivity index (χ1) is 13.0. The van der Waals surface area contributed by atoms with Crippen molar-refractivity contribution in [2.45, 2.75) is 13.1 Å². The molecule has 0 radical (unpaired) electrons. The van der Waals surface area contributed by atoms with Crippen molar-refractivity contribution in [1.82, 2.24) is 4.90 Å².